The van der Waals surface area contributed by atoms with E-state index >= 15 is 0 Å². The van der Waals surface area contributed by atoms with Gasteiger partial charge in [0.05, 0.1) is 13.2 Å². The van der Waals surface area contributed by atoms with Crippen molar-refractivity contribution in [2.75, 3.05) is 13.2 Å². The Morgan fingerprint density at radius 1 is 1.80 bits per heavy atom. The molecule has 0 aromatic heterocycles. The van der Waals surface area contributed by atoms with Crippen molar-refractivity contribution in [2.24, 2.45) is 0 Å². The molecule has 1 aliphatic heterocycles. The Balaban J connectivity index is 2.58. The van der Waals surface area contributed by atoms with Crippen molar-refractivity contribution in [3.63, 3.8) is 0 Å². The van der Waals surface area contributed by atoms with Gasteiger partial charge in [0.25, 0.3) is 0 Å². The van der Waals surface area contributed by atoms with E-state index in [1.165, 1.54) is 6.92 Å². The van der Waals surface area contributed by atoms with E-state index in [1.807, 2.05) is 0 Å². The molecule has 0 aliphatic carbocycles. The maximum Gasteiger partial charge on any atom is 0.159 e. The van der Waals surface area contributed by atoms with Crippen LogP contribution in [-0.4, -0.2) is 41.3 Å². The van der Waals surface area contributed by atoms with E-state index in [9.17, 15) is 4.39 Å². The fourth-order valence-electron chi connectivity index (χ4n) is 0.987. The Kier molecular flexibility index (Phi) is 1.94. The molecule has 3 atom stereocenters. The van der Waals surface area contributed by atoms with Crippen LogP contribution in [0.3, 0.4) is 0 Å². The summed E-state index contributed by atoms with van der Waals surface area (Å²) >= 11 is 0. The molecule has 1 saturated heterocycles. The molecule has 1 fully saturated rings. The monoisotopic (exact) mass is 150 g/mol. The van der Waals surface area contributed by atoms with E-state index < -0.39 is 17.9 Å². The maximum atomic E-state index is 13.0. The highest BCUT2D eigenvalue weighted by molar-refractivity contribution is 4.93. The second kappa shape index (κ2) is 2.45. The number of ether oxygens (including phenoxy) is 1. The number of alkyl halides is 1. The van der Waals surface area contributed by atoms with Crippen LogP contribution in [0.15, 0.2) is 0 Å². The zero-order valence-corrected chi connectivity index (χ0v) is 5.75. The fourth-order valence-corrected chi connectivity index (χ4v) is 0.987. The minimum atomic E-state index is -1.70. The van der Waals surface area contributed by atoms with Gasteiger partial charge in [-0.3, -0.25) is 0 Å². The summed E-state index contributed by atoms with van der Waals surface area (Å²) in [5, 5.41) is 17.6. The Hall–Kier alpha value is -0.190. The minimum absolute atomic E-state index is 0.139. The molecule has 0 spiro atoms. The van der Waals surface area contributed by atoms with Crippen LogP contribution in [0.5, 0.6) is 0 Å². The van der Waals surface area contributed by atoms with Gasteiger partial charge in [0, 0.05) is 0 Å². The molecule has 0 saturated carbocycles. The first kappa shape index (κ1) is 7.91. The lowest BCUT2D eigenvalue weighted by atomic mass is 10.0. The third-order valence-corrected chi connectivity index (χ3v) is 1.73. The number of halogens is 1. The van der Waals surface area contributed by atoms with Gasteiger partial charge in [0.15, 0.2) is 5.67 Å². The summed E-state index contributed by atoms with van der Waals surface area (Å²) in [5.41, 5.74) is -1.70. The summed E-state index contributed by atoms with van der Waals surface area (Å²) in [6.07, 6.45) is -1.95. The average molecular weight is 150 g/mol. The molecule has 1 heterocycles. The van der Waals surface area contributed by atoms with Crippen LogP contribution in [0.2, 0.25) is 0 Å². The van der Waals surface area contributed by atoms with Crippen molar-refractivity contribution < 1.29 is 19.3 Å². The summed E-state index contributed by atoms with van der Waals surface area (Å²) in [7, 11) is 0. The third kappa shape index (κ3) is 1.14. The van der Waals surface area contributed by atoms with Crippen molar-refractivity contribution in [3.8, 4) is 0 Å². The lowest BCUT2D eigenvalue weighted by Crippen LogP contribution is -2.38. The third-order valence-electron chi connectivity index (χ3n) is 1.73. The number of rotatable bonds is 1. The number of aliphatic hydroxyl groups excluding tert-OH is 2. The first-order valence-corrected chi connectivity index (χ1v) is 3.17. The Labute approximate surface area is 58.4 Å². The number of hydrogen-bond donors (Lipinski definition) is 2. The molecule has 1 aliphatic rings. The molecule has 0 bridgehead atoms. The average Bonchev–Trinajstić information content (AvgIpc) is 2.10. The SMILES string of the molecule is C[C@]1(F)CO[C@H](CO)[C@H]1O. The van der Waals surface area contributed by atoms with Crippen molar-refractivity contribution in [3.05, 3.63) is 0 Å². The molecule has 0 radical (unpaired) electrons. The van der Waals surface area contributed by atoms with Gasteiger partial charge in [0.1, 0.15) is 12.2 Å². The predicted octanol–water partition coefficient (Wildman–Crippen LogP) is -0.533. The van der Waals surface area contributed by atoms with Gasteiger partial charge >= 0.3 is 0 Å². The van der Waals surface area contributed by atoms with Crippen molar-refractivity contribution in [1.82, 2.24) is 0 Å². The van der Waals surface area contributed by atoms with Crippen LogP contribution in [0.1, 0.15) is 6.92 Å². The van der Waals surface area contributed by atoms with Crippen molar-refractivity contribution in [1.29, 1.82) is 0 Å². The highest BCUT2D eigenvalue weighted by atomic mass is 19.1. The second-order valence-corrected chi connectivity index (χ2v) is 2.75. The summed E-state index contributed by atoms with van der Waals surface area (Å²) < 4.78 is 17.7. The highest BCUT2D eigenvalue weighted by Gasteiger charge is 2.45. The molecule has 60 valence electrons. The van der Waals surface area contributed by atoms with Crippen molar-refractivity contribution in [2.45, 2.75) is 24.8 Å². The summed E-state index contributed by atoms with van der Waals surface area (Å²) in [5.74, 6) is 0. The van der Waals surface area contributed by atoms with Crippen LogP contribution < -0.4 is 0 Å². The van der Waals surface area contributed by atoms with Crippen molar-refractivity contribution >= 4 is 0 Å². The lowest BCUT2D eigenvalue weighted by molar-refractivity contribution is -0.00983. The molecule has 1 rings (SSSR count). The molecule has 10 heavy (non-hydrogen) atoms. The van der Waals surface area contributed by atoms with E-state index in [0.29, 0.717) is 0 Å². The van der Waals surface area contributed by atoms with E-state index in [-0.39, 0.29) is 13.2 Å². The maximum absolute atomic E-state index is 13.0. The first-order valence-electron chi connectivity index (χ1n) is 3.17. The van der Waals surface area contributed by atoms with Crippen LogP contribution in [0.25, 0.3) is 0 Å². The summed E-state index contributed by atoms with van der Waals surface area (Å²) in [4.78, 5) is 0. The largest absolute Gasteiger partial charge is 0.394 e. The smallest absolute Gasteiger partial charge is 0.159 e. The Bertz CT molecular complexity index is 126. The number of hydrogen-bond acceptors (Lipinski definition) is 3. The van der Waals surface area contributed by atoms with E-state index in [2.05, 4.69) is 0 Å². The van der Waals surface area contributed by atoms with Gasteiger partial charge in [-0.05, 0) is 6.92 Å². The van der Waals surface area contributed by atoms with E-state index in [0.717, 1.165) is 0 Å². The van der Waals surface area contributed by atoms with Gasteiger partial charge in [-0.15, -0.1) is 0 Å². The summed E-state index contributed by atoms with van der Waals surface area (Å²) in [6.45, 7) is 0.785. The van der Waals surface area contributed by atoms with Crippen LogP contribution in [0.4, 0.5) is 4.39 Å². The van der Waals surface area contributed by atoms with Gasteiger partial charge < -0.3 is 14.9 Å². The van der Waals surface area contributed by atoms with Gasteiger partial charge in [-0.1, -0.05) is 0 Å². The topological polar surface area (TPSA) is 49.7 Å². The second-order valence-electron chi connectivity index (χ2n) is 2.75. The molecule has 0 amide bonds. The Morgan fingerprint density at radius 3 is 2.60 bits per heavy atom. The quantitative estimate of drug-likeness (QED) is 0.528. The molecule has 2 N–H and O–H groups in total. The molecule has 4 heteroatoms. The molecule has 0 aromatic carbocycles. The van der Waals surface area contributed by atoms with E-state index in [4.69, 9.17) is 14.9 Å². The normalized spacial score (nSPS) is 48.0. The fraction of sp³-hybridized carbons (Fsp3) is 1.00. The predicted molar refractivity (Wildman–Crippen MR) is 32.3 cm³/mol. The lowest BCUT2D eigenvalue weighted by Gasteiger charge is -2.17. The minimum Gasteiger partial charge on any atom is -0.394 e. The van der Waals surface area contributed by atoms with Gasteiger partial charge in [-0.2, -0.15) is 0 Å². The zero-order chi connectivity index (χ0) is 7.78. The summed E-state index contributed by atoms with van der Waals surface area (Å²) in [6, 6.07) is 0. The van der Waals surface area contributed by atoms with Gasteiger partial charge in [0.2, 0.25) is 0 Å². The zero-order valence-electron chi connectivity index (χ0n) is 5.75. The molecule has 0 aromatic rings. The Morgan fingerprint density at radius 2 is 2.40 bits per heavy atom. The molecular formula is C6H11FO3. The first-order chi connectivity index (χ1) is 4.58. The number of aliphatic hydroxyl groups is 2. The molecular weight excluding hydrogens is 139 g/mol. The van der Waals surface area contributed by atoms with Gasteiger partial charge in [-0.25, -0.2) is 4.39 Å². The molecule has 3 nitrogen and oxygen atoms in total. The molecule has 0 unspecified atom stereocenters. The highest BCUT2D eigenvalue weighted by Crippen LogP contribution is 2.27. The van der Waals surface area contributed by atoms with Crippen LogP contribution >= 0.6 is 0 Å². The van der Waals surface area contributed by atoms with E-state index in [1.54, 1.807) is 0 Å². The standard InChI is InChI=1S/C6H11FO3/c1-6(7)3-10-4(2-8)5(6)9/h4-5,8-9H,2-3H2,1H3/t4-,5-,6+/m1/s1. The van der Waals surface area contributed by atoms with Crippen LogP contribution in [-0.2, 0) is 4.74 Å². The van der Waals surface area contributed by atoms with Crippen LogP contribution in [0, 0.1) is 0 Å².